The second kappa shape index (κ2) is 7.08. The van der Waals surface area contributed by atoms with Crippen LogP contribution in [0.3, 0.4) is 0 Å². The second-order valence-corrected chi connectivity index (χ2v) is 5.07. The molecule has 4 nitrogen and oxygen atoms in total. The van der Waals surface area contributed by atoms with E-state index in [1.807, 2.05) is 4.90 Å². The Balaban J connectivity index is 2.45. The number of nitrogens with zero attached hydrogens (tertiary/aromatic N) is 1. The Morgan fingerprint density at radius 2 is 2.05 bits per heavy atom. The van der Waals surface area contributed by atoms with Gasteiger partial charge in [0.2, 0.25) is 5.91 Å². The first-order chi connectivity index (χ1) is 9.27. The molecule has 2 atom stereocenters. The van der Waals surface area contributed by atoms with Crippen LogP contribution in [0.4, 0.5) is 13.2 Å². The molecule has 1 heterocycles. The van der Waals surface area contributed by atoms with E-state index in [4.69, 9.17) is 0 Å². The summed E-state index contributed by atoms with van der Waals surface area (Å²) in [6.45, 7) is 6.33. The third kappa shape index (κ3) is 4.49. The quantitative estimate of drug-likeness (QED) is 0.752. The van der Waals surface area contributed by atoms with Crippen LogP contribution in [-0.2, 0) is 4.79 Å². The molecule has 0 bridgehead atoms. The number of hydrogen-bond acceptors (Lipinski definition) is 3. The maximum Gasteiger partial charge on any atom is 0.414 e. The number of likely N-dealkylation sites (tertiary alicyclic amines) is 1. The fourth-order valence-corrected chi connectivity index (χ4v) is 2.38. The Hall–Kier alpha value is -1.08. The Labute approximate surface area is 116 Å². The van der Waals surface area contributed by atoms with Gasteiger partial charge in [-0.25, -0.2) is 0 Å². The fourth-order valence-electron chi connectivity index (χ4n) is 2.38. The van der Waals surface area contributed by atoms with E-state index < -0.39 is 18.2 Å². The van der Waals surface area contributed by atoms with Gasteiger partial charge in [-0.05, 0) is 38.8 Å². The van der Waals surface area contributed by atoms with Crippen LogP contribution in [0.1, 0.15) is 19.8 Å². The van der Waals surface area contributed by atoms with Gasteiger partial charge in [-0.15, -0.1) is 6.58 Å². The van der Waals surface area contributed by atoms with Crippen molar-refractivity contribution in [1.29, 1.82) is 0 Å². The van der Waals surface area contributed by atoms with E-state index in [1.54, 1.807) is 13.0 Å². The van der Waals surface area contributed by atoms with Gasteiger partial charge >= 0.3 is 6.18 Å². The van der Waals surface area contributed by atoms with Gasteiger partial charge in [0, 0.05) is 6.54 Å². The smallest absolute Gasteiger partial charge is 0.383 e. The first-order valence-electron chi connectivity index (χ1n) is 6.64. The van der Waals surface area contributed by atoms with Gasteiger partial charge in [0.05, 0.1) is 6.04 Å². The van der Waals surface area contributed by atoms with Crippen LogP contribution in [0.5, 0.6) is 0 Å². The van der Waals surface area contributed by atoms with E-state index in [0.717, 1.165) is 0 Å². The van der Waals surface area contributed by atoms with E-state index >= 15 is 0 Å². The predicted octanol–water partition coefficient (Wildman–Crippen LogP) is 1.31. The molecule has 116 valence electrons. The van der Waals surface area contributed by atoms with Crippen molar-refractivity contribution >= 4 is 5.91 Å². The summed E-state index contributed by atoms with van der Waals surface area (Å²) >= 11 is 0. The van der Waals surface area contributed by atoms with E-state index in [0.29, 0.717) is 19.6 Å². The SMILES string of the molecule is C=CCNC(=O)C(C)N1CCC(C(O)C(F)(F)F)CC1. The zero-order valence-electron chi connectivity index (χ0n) is 11.5. The molecule has 0 aromatic heterocycles. The molecular weight excluding hydrogens is 273 g/mol. The van der Waals surface area contributed by atoms with E-state index in [-0.39, 0.29) is 24.8 Å². The first kappa shape index (κ1) is 17.0. The number of amides is 1. The molecule has 1 aliphatic rings. The molecule has 1 fully saturated rings. The molecule has 7 heteroatoms. The summed E-state index contributed by atoms with van der Waals surface area (Å²) < 4.78 is 37.3. The first-order valence-corrected chi connectivity index (χ1v) is 6.64. The van der Waals surface area contributed by atoms with Crippen molar-refractivity contribution in [3.8, 4) is 0 Å². The van der Waals surface area contributed by atoms with Crippen molar-refractivity contribution in [3.63, 3.8) is 0 Å². The van der Waals surface area contributed by atoms with Crippen LogP contribution in [0.2, 0.25) is 0 Å². The number of aliphatic hydroxyl groups excluding tert-OH is 1. The molecule has 0 aromatic carbocycles. The molecule has 1 amide bonds. The Morgan fingerprint density at radius 1 is 1.50 bits per heavy atom. The van der Waals surface area contributed by atoms with Crippen molar-refractivity contribution < 1.29 is 23.1 Å². The number of rotatable bonds is 5. The largest absolute Gasteiger partial charge is 0.414 e. The van der Waals surface area contributed by atoms with Gasteiger partial charge in [-0.2, -0.15) is 13.2 Å². The summed E-state index contributed by atoms with van der Waals surface area (Å²) in [5, 5.41) is 11.9. The van der Waals surface area contributed by atoms with Crippen LogP contribution in [-0.4, -0.2) is 53.9 Å². The molecule has 1 rings (SSSR count). The molecule has 0 radical (unpaired) electrons. The fraction of sp³-hybridized carbons (Fsp3) is 0.769. The summed E-state index contributed by atoms with van der Waals surface area (Å²) in [6, 6.07) is -0.390. The maximum atomic E-state index is 12.4. The van der Waals surface area contributed by atoms with Gasteiger partial charge in [-0.3, -0.25) is 9.69 Å². The summed E-state index contributed by atoms with van der Waals surface area (Å²) in [5.41, 5.74) is 0. The Kier molecular flexibility index (Phi) is 6.01. The highest BCUT2D eigenvalue weighted by Gasteiger charge is 2.44. The summed E-state index contributed by atoms with van der Waals surface area (Å²) in [5.74, 6) is -0.950. The van der Waals surface area contributed by atoms with Gasteiger partial charge < -0.3 is 10.4 Å². The van der Waals surface area contributed by atoms with Crippen LogP contribution in [0.15, 0.2) is 12.7 Å². The van der Waals surface area contributed by atoms with Crippen LogP contribution >= 0.6 is 0 Å². The number of carbonyl (C=O) groups excluding carboxylic acids is 1. The molecule has 1 aliphatic heterocycles. The number of hydrogen-bond donors (Lipinski definition) is 2. The highest BCUT2D eigenvalue weighted by atomic mass is 19.4. The zero-order valence-corrected chi connectivity index (χ0v) is 11.5. The molecule has 0 aromatic rings. The summed E-state index contributed by atoms with van der Waals surface area (Å²) in [7, 11) is 0. The molecule has 2 unspecified atom stereocenters. The lowest BCUT2D eigenvalue weighted by atomic mass is 9.90. The summed E-state index contributed by atoms with van der Waals surface area (Å²) in [6.07, 6.45) is -4.80. The van der Waals surface area contributed by atoms with Crippen LogP contribution in [0, 0.1) is 5.92 Å². The van der Waals surface area contributed by atoms with Crippen LogP contribution < -0.4 is 5.32 Å². The second-order valence-electron chi connectivity index (χ2n) is 5.07. The van der Waals surface area contributed by atoms with Gasteiger partial charge in [0.15, 0.2) is 6.10 Å². The highest BCUT2D eigenvalue weighted by molar-refractivity contribution is 5.81. The zero-order chi connectivity index (χ0) is 15.3. The topological polar surface area (TPSA) is 52.6 Å². The van der Waals surface area contributed by atoms with Gasteiger partial charge in [-0.1, -0.05) is 6.08 Å². The van der Waals surface area contributed by atoms with Crippen LogP contribution in [0.25, 0.3) is 0 Å². The standard InChI is InChI=1S/C13H21F3N2O2/c1-3-6-17-12(20)9(2)18-7-4-10(5-8-18)11(19)13(14,15)16/h3,9-11,19H,1,4-8H2,2H3,(H,17,20). The molecule has 0 spiro atoms. The Morgan fingerprint density at radius 3 is 2.50 bits per heavy atom. The number of nitrogens with one attached hydrogen (secondary N) is 1. The predicted molar refractivity (Wildman–Crippen MR) is 69.0 cm³/mol. The lowest BCUT2D eigenvalue weighted by Gasteiger charge is -2.37. The Bertz CT molecular complexity index is 339. The minimum Gasteiger partial charge on any atom is -0.383 e. The molecule has 0 aliphatic carbocycles. The molecular formula is C13H21F3N2O2. The van der Waals surface area contributed by atoms with E-state index in [1.165, 1.54) is 0 Å². The molecule has 20 heavy (non-hydrogen) atoms. The van der Waals surface area contributed by atoms with Crippen molar-refractivity contribution in [2.45, 2.75) is 38.1 Å². The average Bonchev–Trinajstić information content (AvgIpc) is 2.42. The highest BCUT2D eigenvalue weighted by Crippen LogP contribution is 2.31. The lowest BCUT2D eigenvalue weighted by molar-refractivity contribution is -0.223. The van der Waals surface area contributed by atoms with Crippen molar-refractivity contribution in [1.82, 2.24) is 10.2 Å². The molecule has 2 N–H and O–H groups in total. The van der Waals surface area contributed by atoms with E-state index in [2.05, 4.69) is 11.9 Å². The minimum absolute atomic E-state index is 0.167. The number of piperidine rings is 1. The molecule has 0 saturated carbocycles. The summed E-state index contributed by atoms with van der Waals surface area (Å²) in [4.78, 5) is 13.6. The number of alkyl halides is 3. The average molecular weight is 294 g/mol. The van der Waals surface area contributed by atoms with Crippen molar-refractivity contribution in [2.75, 3.05) is 19.6 Å². The third-order valence-electron chi connectivity index (χ3n) is 3.70. The number of halogens is 3. The number of carbonyl (C=O) groups is 1. The van der Waals surface area contributed by atoms with Crippen molar-refractivity contribution in [3.05, 3.63) is 12.7 Å². The molecule has 1 saturated heterocycles. The monoisotopic (exact) mass is 294 g/mol. The van der Waals surface area contributed by atoms with Gasteiger partial charge in [0.1, 0.15) is 0 Å². The van der Waals surface area contributed by atoms with E-state index in [9.17, 15) is 23.1 Å². The number of aliphatic hydroxyl groups is 1. The lowest BCUT2D eigenvalue weighted by Crippen LogP contribution is -2.50. The minimum atomic E-state index is -4.57. The maximum absolute atomic E-state index is 12.4. The third-order valence-corrected chi connectivity index (χ3v) is 3.70. The normalized spacial score (nSPS) is 21.2. The van der Waals surface area contributed by atoms with Crippen molar-refractivity contribution in [2.24, 2.45) is 5.92 Å². The van der Waals surface area contributed by atoms with Gasteiger partial charge in [0.25, 0.3) is 0 Å².